The number of nitrogens with zero attached hydrogens (tertiary/aromatic N) is 1. The molecule has 0 radical (unpaired) electrons. The molecule has 1 aliphatic carbocycles. The van der Waals surface area contributed by atoms with Gasteiger partial charge in [-0.25, -0.2) is 0 Å². The zero-order valence-corrected chi connectivity index (χ0v) is 8.96. The molecule has 1 aromatic rings. The van der Waals surface area contributed by atoms with Gasteiger partial charge in [-0.05, 0) is 35.8 Å². The summed E-state index contributed by atoms with van der Waals surface area (Å²) in [6.45, 7) is 3.07. The smallest absolute Gasteiger partial charge is 0.101 e. The van der Waals surface area contributed by atoms with Crippen LogP contribution in [-0.4, -0.2) is 23.1 Å². The van der Waals surface area contributed by atoms with E-state index in [1.54, 1.807) is 11.3 Å². The van der Waals surface area contributed by atoms with Gasteiger partial charge in [0.2, 0.25) is 0 Å². The van der Waals surface area contributed by atoms with Crippen molar-refractivity contribution in [1.29, 1.82) is 0 Å². The van der Waals surface area contributed by atoms with Crippen LogP contribution in [0.2, 0.25) is 0 Å². The topological polar surface area (TPSA) is 23.5 Å². The second kappa shape index (κ2) is 3.33. The molecule has 1 unspecified atom stereocenters. The van der Waals surface area contributed by atoms with E-state index < -0.39 is 0 Å². The molecule has 0 aromatic carbocycles. The number of hydrogen-bond acceptors (Lipinski definition) is 3. The van der Waals surface area contributed by atoms with Crippen LogP contribution in [0.1, 0.15) is 29.4 Å². The molecule has 1 fully saturated rings. The Morgan fingerprint density at radius 1 is 1.50 bits per heavy atom. The van der Waals surface area contributed by atoms with E-state index in [4.69, 9.17) is 0 Å². The molecule has 1 saturated carbocycles. The van der Waals surface area contributed by atoms with Gasteiger partial charge in [0, 0.05) is 24.5 Å². The normalized spacial score (nSPS) is 27.6. The summed E-state index contributed by atoms with van der Waals surface area (Å²) in [7, 11) is 0. The number of aliphatic hydroxyl groups is 1. The van der Waals surface area contributed by atoms with Crippen LogP contribution in [0.25, 0.3) is 0 Å². The Morgan fingerprint density at radius 2 is 2.36 bits per heavy atom. The average molecular weight is 209 g/mol. The predicted molar refractivity (Wildman–Crippen MR) is 57.3 cm³/mol. The zero-order valence-electron chi connectivity index (χ0n) is 8.15. The Balaban J connectivity index is 1.75. The molecule has 76 valence electrons. The third-order valence-corrected chi connectivity index (χ3v) is 4.18. The molecule has 0 bridgehead atoms. The van der Waals surface area contributed by atoms with Crippen LogP contribution in [0.4, 0.5) is 0 Å². The summed E-state index contributed by atoms with van der Waals surface area (Å²) in [6, 6.07) is 2.16. The third-order valence-electron chi connectivity index (χ3n) is 3.12. The number of rotatable bonds is 2. The van der Waals surface area contributed by atoms with E-state index in [1.165, 1.54) is 29.8 Å². The summed E-state index contributed by atoms with van der Waals surface area (Å²) < 4.78 is 0. The van der Waals surface area contributed by atoms with Gasteiger partial charge in [0.15, 0.2) is 0 Å². The minimum absolute atomic E-state index is 0.238. The SMILES string of the molecule is OC1CN(CC2CC2)Cc2ccsc21. The lowest BCUT2D eigenvalue weighted by Crippen LogP contribution is -2.34. The quantitative estimate of drug-likeness (QED) is 0.805. The van der Waals surface area contributed by atoms with E-state index in [9.17, 15) is 5.11 Å². The average Bonchev–Trinajstić information content (AvgIpc) is 2.82. The molecule has 2 heterocycles. The lowest BCUT2D eigenvalue weighted by atomic mass is 10.1. The first kappa shape index (κ1) is 8.89. The molecule has 0 spiro atoms. The fourth-order valence-electron chi connectivity index (χ4n) is 2.21. The summed E-state index contributed by atoms with van der Waals surface area (Å²) in [5.74, 6) is 0.919. The highest BCUT2D eigenvalue weighted by Gasteiger charge is 2.29. The summed E-state index contributed by atoms with van der Waals surface area (Å²) in [5.41, 5.74) is 1.34. The molecule has 14 heavy (non-hydrogen) atoms. The summed E-state index contributed by atoms with van der Waals surface area (Å²) in [4.78, 5) is 3.59. The fourth-order valence-corrected chi connectivity index (χ4v) is 3.10. The minimum Gasteiger partial charge on any atom is -0.386 e. The molecule has 0 saturated heterocycles. The molecule has 1 aromatic heterocycles. The lowest BCUT2D eigenvalue weighted by Gasteiger charge is -2.30. The maximum absolute atomic E-state index is 9.92. The van der Waals surface area contributed by atoms with Crippen LogP contribution < -0.4 is 0 Å². The maximum Gasteiger partial charge on any atom is 0.101 e. The Labute approximate surface area is 88.2 Å². The van der Waals surface area contributed by atoms with Gasteiger partial charge in [-0.1, -0.05) is 0 Å². The van der Waals surface area contributed by atoms with Crippen molar-refractivity contribution in [3.8, 4) is 0 Å². The summed E-state index contributed by atoms with van der Waals surface area (Å²) >= 11 is 1.69. The van der Waals surface area contributed by atoms with Crippen molar-refractivity contribution < 1.29 is 5.11 Å². The standard InChI is InChI=1S/C11H15NOS/c13-10-7-12(5-8-1-2-8)6-9-3-4-14-11(9)10/h3-4,8,10,13H,1-2,5-7H2. The molecule has 3 heteroatoms. The molecule has 1 atom stereocenters. The second-order valence-electron chi connectivity index (χ2n) is 4.46. The van der Waals surface area contributed by atoms with Gasteiger partial charge < -0.3 is 5.11 Å². The minimum atomic E-state index is -0.238. The highest BCUT2D eigenvalue weighted by molar-refractivity contribution is 7.10. The van der Waals surface area contributed by atoms with Crippen molar-refractivity contribution in [2.24, 2.45) is 5.92 Å². The van der Waals surface area contributed by atoms with Crippen molar-refractivity contribution in [3.05, 3.63) is 21.9 Å². The second-order valence-corrected chi connectivity index (χ2v) is 5.41. The van der Waals surface area contributed by atoms with E-state index >= 15 is 0 Å². The molecule has 2 nitrogen and oxygen atoms in total. The van der Waals surface area contributed by atoms with Gasteiger partial charge in [0.05, 0.1) is 0 Å². The van der Waals surface area contributed by atoms with Crippen molar-refractivity contribution in [2.45, 2.75) is 25.5 Å². The molecule has 1 N–H and O–H groups in total. The Kier molecular flexibility index (Phi) is 2.11. The Bertz CT molecular complexity index is 332. The van der Waals surface area contributed by atoms with Gasteiger partial charge >= 0.3 is 0 Å². The maximum atomic E-state index is 9.92. The highest BCUT2D eigenvalue weighted by atomic mass is 32.1. The number of β-amino-alcohol motifs (C(OH)–C–C–N with tert-alkyl or cyclic N) is 1. The van der Waals surface area contributed by atoms with Gasteiger partial charge in [-0.2, -0.15) is 0 Å². The third kappa shape index (κ3) is 1.60. The first-order chi connectivity index (χ1) is 6.83. The number of aliphatic hydroxyl groups excluding tert-OH is 1. The van der Waals surface area contributed by atoms with Crippen molar-refractivity contribution in [3.63, 3.8) is 0 Å². The Hall–Kier alpha value is -0.380. The lowest BCUT2D eigenvalue weighted by molar-refractivity contribution is 0.0931. The van der Waals surface area contributed by atoms with Gasteiger partial charge in [-0.15, -0.1) is 11.3 Å². The number of fused-ring (bicyclic) bond motifs is 1. The molecule has 1 aliphatic heterocycles. The van der Waals surface area contributed by atoms with Crippen LogP contribution in [0.5, 0.6) is 0 Å². The summed E-state index contributed by atoms with van der Waals surface area (Å²) in [5, 5.41) is 12.0. The van der Waals surface area contributed by atoms with Gasteiger partial charge in [0.1, 0.15) is 6.10 Å². The summed E-state index contributed by atoms with van der Waals surface area (Å²) in [6.07, 6.45) is 2.55. The molecular weight excluding hydrogens is 194 g/mol. The largest absolute Gasteiger partial charge is 0.386 e. The molecular formula is C11H15NOS. The monoisotopic (exact) mass is 209 g/mol. The van der Waals surface area contributed by atoms with Gasteiger partial charge in [0.25, 0.3) is 0 Å². The van der Waals surface area contributed by atoms with E-state index in [1.807, 2.05) is 0 Å². The van der Waals surface area contributed by atoms with E-state index in [2.05, 4.69) is 16.3 Å². The molecule has 2 aliphatic rings. The van der Waals surface area contributed by atoms with Crippen LogP contribution in [0.15, 0.2) is 11.4 Å². The van der Waals surface area contributed by atoms with Crippen molar-refractivity contribution in [1.82, 2.24) is 4.90 Å². The molecule has 3 rings (SSSR count). The van der Waals surface area contributed by atoms with E-state index in [-0.39, 0.29) is 6.10 Å². The van der Waals surface area contributed by atoms with Gasteiger partial charge in [-0.3, -0.25) is 4.90 Å². The fraction of sp³-hybridized carbons (Fsp3) is 0.636. The van der Waals surface area contributed by atoms with Crippen LogP contribution in [-0.2, 0) is 6.54 Å². The number of thiophene rings is 1. The van der Waals surface area contributed by atoms with Crippen molar-refractivity contribution >= 4 is 11.3 Å². The van der Waals surface area contributed by atoms with Crippen LogP contribution in [0, 0.1) is 5.92 Å². The first-order valence-corrected chi connectivity index (χ1v) is 6.17. The highest BCUT2D eigenvalue weighted by Crippen LogP contribution is 2.35. The van der Waals surface area contributed by atoms with Crippen LogP contribution >= 0.6 is 11.3 Å². The van der Waals surface area contributed by atoms with E-state index in [0.717, 1.165) is 19.0 Å². The number of hydrogen-bond donors (Lipinski definition) is 1. The molecule has 0 amide bonds. The van der Waals surface area contributed by atoms with Crippen molar-refractivity contribution in [2.75, 3.05) is 13.1 Å². The van der Waals surface area contributed by atoms with Crippen LogP contribution in [0.3, 0.4) is 0 Å². The first-order valence-electron chi connectivity index (χ1n) is 5.29. The zero-order chi connectivity index (χ0) is 9.54. The van der Waals surface area contributed by atoms with E-state index in [0.29, 0.717) is 0 Å². The predicted octanol–water partition coefficient (Wildman–Crippen LogP) is 2.01. The Morgan fingerprint density at radius 3 is 3.14 bits per heavy atom.